The van der Waals surface area contributed by atoms with Gasteiger partial charge in [-0.15, -0.1) is 0 Å². The molecule has 0 spiro atoms. The van der Waals surface area contributed by atoms with Crippen LogP contribution in [0.4, 0.5) is 27.8 Å². The molecule has 0 amide bonds. The first-order valence-corrected chi connectivity index (χ1v) is 11.0. The van der Waals surface area contributed by atoms with Crippen molar-refractivity contribution < 1.29 is 39.9 Å². The molecule has 0 fully saturated rings. The number of esters is 1. The van der Waals surface area contributed by atoms with Crippen LogP contribution < -0.4 is 4.31 Å². The largest absolute Gasteiger partial charge is 0.465 e. The highest BCUT2D eigenvalue weighted by Crippen LogP contribution is 2.36. The first-order valence-electron chi connectivity index (χ1n) is 9.22. The van der Waals surface area contributed by atoms with Crippen molar-refractivity contribution in [3.63, 3.8) is 0 Å². The molecule has 0 N–H and O–H groups in total. The number of aromatic nitrogens is 1. The van der Waals surface area contributed by atoms with Crippen LogP contribution in [0.2, 0.25) is 5.02 Å². The topological polar surface area (TPSA) is 76.6 Å². The standard InChI is InChI=1S/C21H14ClF5N2O4S/c1-33-20(30)12-2-5-16(6-3-12)34(31,32)29(11-13-8-15(23)4-7-18(13)24)19-17(22)9-14(10-28-19)21(25,26)27/h2-10H,11H2,1H3. The Kier molecular flexibility index (Phi) is 7.13. The first-order chi connectivity index (χ1) is 15.8. The van der Waals surface area contributed by atoms with Crippen LogP contribution in [0.1, 0.15) is 21.5 Å². The molecule has 2 aromatic carbocycles. The number of methoxy groups -OCH3 is 1. The van der Waals surface area contributed by atoms with Crippen molar-refractivity contribution in [3.05, 3.63) is 88.1 Å². The summed E-state index contributed by atoms with van der Waals surface area (Å²) in [5, 5.41) is -0.693. The summed E-state index contributed by atoms with van der Waals surface area (Å²) in [6, 6.07) is 7.13. The number of rotatable bonds is 6. The molecular formula is C21H14ClF5N2O4S. The van der Waals surface area contributed by atoms with E-state index in [2.05, 4.69) is 9.72 Å². The fourth-order valence-electron chi connectivity index (χ4n) is 2.87. The van der Waals surface area contributed by atoms with E-state index >= 15 is 0 Å². The third-order valence-corrected chi connectivity index (χ3v) is 6.60. The van der Waals surface area contributed by atoms with Gasteiger partial charge < -0.3 is 4.74 Å². The molecule has 13 heteroatoms. The Bertz CT molecular complexity index is 1330. The van der Waals surface area contributed by atoms with Crippen LogP contribution in [-0.4, -0.2) is 26.5 Å². The second-order valence-corrected chi connectivity index (χ2v) is 9.06. The van der Waals surface area contributed by atoms with Gasteiger partial charge in [-0.05, 0) is 48.5 Å². The molecule has 0 aliphatic rings. The number of nitrogens with zero attached hydrogens (tertiary/aromatic N) is 2. The Morgan fingerprint density at radius 1 is 1.09 bits per heavy atom. The molecule has 0 saturated carbocycles. The van der Waals surface area contributed by atoms with Gasteiger partial charge in [-0.3, -0.25) is 0 Å². The lowest BCUT2D eigenvalue weighted by atomic mass is 10.2. The van der Waals surface area contributed by atoms with E-state index in [-0.39, 0.29) is 5.56 Å². The number of alkyl halides is 3. The maximum Gasteiger partial charge on any atom is 0.417 e. The fraction of sp³-hybridized carbons (Fsp3) is 0.143. The second-order valence-electron chi connectivity index (χ2n) is 6.79. The molecule has 1 heterocycles. The van der Waals surface area contributed by atoms with Gasteiger partial charge in [-0.1, -0.05) is 11.6 Å². The van der Waals surface area contributed by atoms with Crippen molar-refractivity contribution in [2.24, 2.45) is 0 Å². The molecule has 0 atom stereocenters. The van der Waals surface area contributed by atoms with Crippen molar-refractivity contribution in [3.8, 4) is 0 Å². The van der Waals surface area contributed by atoms with Crippen molar-refractivity contribution in [2.75, 3.05) is 11.4 Å². The number of anilines is 1. The van der Waals surface area contributed by atoms with E-state index in [9.17, 15) is 35.2 Å². The van der Waals surface area contributed by atoms with Crippen molar-refractivity contribution in [1.29, 1.82) is 0 Å². The lowest BCUT2D eigenvalue weighted by molar-refractivity contribution is -0.137. The number of pyridine rings is 1. The van der Waals surface area contributed by atoms with Crippen LogP contribution in [0.3, 0.4) is 0 Å². The van der Waals surface area contributed by atoms with Gasteiger partial charge in [0.15, 0.2) is 5.82 Å². The number of hydrogen-bond donors (Lipinski definition) is 0. The Hall–Kier alpha value is -3.25. The van der Waals surface area contributed by atoms with E-state index in [1.165, 1.54) is 0 Å². The molecule has 6 nitrogen and oxygen atoms in total. The average molecular weight is 521 g/mol. The van der Waals surface area contributed by atoms with Gasteiger partial charge in [0.05, 0.1) is 34.7 Å². The number of hydrogen-bond acceptors (Lipinski definition) is 5. The monoisotopic (exact) mass is 520 g/mol. The summed E-state index contributed by atoms with van der Waals surface area (Å²) in [6.45, 7) is -0.844. The summed E-state index contributed by atoms with van der Waals surface area (Å²) in [5.41, 5.74) is -1.64. The Balaban J connectivity index is 2.15. The number of ether oxygens (including phenoxy) is 1. The Morgan fingerprint density at radius 3 is 2.29 bits per heavy atom. The minimum Gasteiger partial charge on any atom is -0.465 e. The zero-order chi connectivity index (χ0) is 25.3. The van der Waals surface area contributed by atoms with E-state index in [1.807, 2.05) is 0 Å². The van der Waals surface area contributed by atoms with Gasteiger partial charge in [-0.25, -0.2) is 31.3 Å². The molecule has 3 rings (SSSR count). The molecule has 3 aromatic rings. The van der Waals surface area contributed by atoms with Crippen LogP contribution >= 0.6 is 11.6 Å². The zero-order valence-electron chi connectivity index (χ0n) is 17.1. The average Bonchev–Trinajstić information content (AvgIpc) is 2.78. The predicted octanol–water partition coefficient (Wildman–Crippen LogP) is 5.21. The minimum absolute atomic E-state index is 0.0230. The number of carbonyl (C=O) groups is 1. The highest BCUT2D eigenvalue weighted by atomic mass is 35.5. The maximum absolute atomic E-state index is 14.3. The molecule has 0 saturated heterocycles. The smallest absolute Gasteiger partial charge is 0.417 e. The molecule has 1 aromatic heterocycles. The molecule has 0 bridgehead atoms. The maximum atomic E-state index is 14.3. The molecule has 0 aliphatic heterocycles. The van der Waals surface area contributed by atoms with Crippen LogP contribution in [-0.2, 0) is 27.5 Å². The summed E-state index contributed by atoms with van der Waals surface area (Å²) in [4.78, 5) is 14.7. The van der Waals surface area contributed by atoms with Gasteiger partial charge in [0.1, 0.15) is 11.6 Å². The van der Waals surface area contributed by atoms with E-state index in [4.69, 9.17) is 11.6 Å². The van der Waals surface area contributed by atoms with Gasteiger partial charge in [-0.2, -0.15) is 13.2 Å². The SMILES string of the molecule is COC(=O)c1ccc(S(=O)(=O)N(Cc2cc(F)ccc2F)c2ncc(C(F)(F)F)cc2Cl)cc1. The minimum atomic E-state index is -4.81. The third kappa shape index (κ3) is 5.28. The van der Waals surface area contributed by atoms with Crippen LogP contribution in [0.25, 0.3) is 0 Å². The summed E-state index contributed by atoms with van der Waals surface area (Å²) >= 11 is 5.95. The molecule has 0 radical (unpaired) electrons. The number of benzene rings is 2. The van der Waals surface area contributed by atoms with Gasteiger partial charge in [0.2, 0.25) is 0 Å². The van der Waals surface area contributed by atoms with Crippen LogP contribution in [0.15, 0.2) is 59.6 Å². The van der Waals surface area contributed by atoms with E-state index in [1.54, 1.807) is 0 Å². The highest BCUT2D eigenvalue weighted by Gasteiger charge is 2.34. The van der Waals surface area contributed by atoms with Gasteiger partial charge in [0.25, 0.3) is 10.0 Å². The van der Waals surface area contributed by atoms with Crippen molar-refractivity contribution >= 4 is 33.4 Å². The quantitative estimate of drug-likeness (QED) is 0.329. The Labute approximate surface area is 195 Å². The highest BCUT2D eigenvalue weighted by molar-refractivity contribution is 7.92. The molecule has 0 unspecified atom stereocenters. The first kappa shape index (κ1) is 25.4. The molecule has 0 aliphatic carbocycles. The van der Waals surface area contributed by atoms with Crippen LogP contribution in [0, 0.1) is 11.6 Å². The van der Waals surface area contributed by atoms with Gasteiger partial charge >= 0.3 is 12.1 Å². The molecular weight excluding hydrogens is 507 g/mol. The fourth-order valence-corrected chi connectivity index (χ4v) is 4.61. The summed E-state index contributed by atoms with van der Waals surface area (Å²) in [6.07, 6.45) is -4.44. The van der Waals surface area contributed by atoms with E-state index in [0.717, 1.165) is 49.6 Å². The van der Waals surface area contributed by atoms with Crippen molar-refractivity contribution in [1.82, 2.24) is 4.98 Å². The summed E-state index contributed by atoms with van der Waals surface area (Å²) in [5.74, 6) is -3.22. The third-order valence-electron chi connectivity index (χ3n) is 4.57. The zero-order valence-corrected chi connectivity index (χ0v) is 18.7. The predicted molar refractivity (Wildman–Crippen MR) is 112 cm³/mol. The van der Waals surface area contributed by atoms with Crippen molar-refractivity contribution in [2.45, 2.75) is 17.6 Å². The number of carbonyl (C=O) groups excluding carboxylic acids is 1. The lowest BCUT2D eigenvalue weighted by Crippen LogP contribution is -2.32. The van der Waals surface area contributed by atoms with Crippen LogP contribution in [0.5, 0.6) is 0 Å². The van der Waals surface area contributed by atoms with E-state index in [0.29, 0.717) is 16.6 Å². The summed E-state index contributed by atoms with van der Waals surface area (Å²) in [7, 11) is -3.51. The number of halogens is 6. The molecule has 180 valence electrons. The lowest BCUT2D eigenvalue weighted by Gasteiger charge is -2.25. The van der Waals surface area contributed by atoms with E-state index < -0.39 is 67.2 Å². The summed E-state index contributed by atoms with van der Waals surface area (Å²) < 4.78 is 98.8. The normalized spacial score (nSPS) is 11.9. The Morgan fingerprint density at radius 2 is 1.74 bits per heavy atom. The second kappa shape index (κ2) is 9.55. The van der Waals surface area contributed by atoms with Gasteiger partial charge in [0, 0.05) is 11.8 Å². The number of sulfonamides is 1. The molecule has 34 heavy (non-hydrogen) atoms.